The quantitative estimate of drug-likeness (QED) is 0.144. The highest BCUT2D eigenvalue weighted by atomic mass is 79.9. The Labute approximate surface area is 330 Å². The van der Waals surface area contributed by atoms with E-state index < -0.39 is 0 Å². The smallest absolute Gasteiger partial charge is 0.0541 e. The van der Waals surface area contributed by atoms with E-state index >= 15 is 0 Å². The van der Waals surface area contributed by atoms with Crippen LogP contribution in [0.15, 0.2) is 127 Å². The molecule has 1 unspecified atom stereocenters. The summed E-state index contributed by atoms with van der Waals surface area (Å²) in [5.74, 6) is 0.631. The molecule has 0 aliphatic rings. The van der Waals surface area contributed by atoms with Crippen LogP contribution in [0.5, 0.6) is 0 Å². The molecule has 0 saturated carbocycles. The third-order valence-electron chi connectivity index (χ3n) is 10.7. The first-order valence-electron chi connectivity index (χ1n) is 17.7. The van der Waals surface area contributed by atoms with Crippen LogP contribution in [0.2, 0.25) is 0 Å². The molecule has 1 atom stereocenters. The number of aromatic nitrogens is 3. The van der Waals surface area contributed by atoms with Gasteiger partial charge in [0.25, 0.3) is 0 Å². The number of hydrogen-bond acceptors (Lipinski definition) is 0. The van der Waals surface area contributed by atoms with E-state index in [0.717, 1.165) is 24.4 Å². The van der Waals surface area contributed by atoms with E-state index in [9.17, 15) is 0 Å². The molecular formula is C44H35Br4N3. The Balaban J connectivity index is 1.32. The topological polar surface area (TPSA) is 14.8 Å². The molecule has 0 amide bonds. The van der Waals surface area contributed by atoms with Gasteiger partial charge in [-0.15, -0.1) is 0 Å². The van der Waals surface area contributed by atoms with Crippen molar-refractivity contribution >= 4 is 129 Å². The van der Waals surface area contributed by atoms with E-state index in [2.05, 4.69) is 200 Å². The Hall–Kier alpha value is -3.36. The van der Waals surface area contributed by atoms with E-state index in [4.69, 9.17) is 0 Å². The highest BCUT2D eigenvalue weighted by Crippen LogP contribution is 2.40. The van der Waals surface area contributed by atoms with Crippen molar-refractivity contribution in [3.8, 4) is 11.4 Å². The van der Waals surface area contributed by atoms with Gasteiger partial charge in [-0.25, -0.2) is 0 Å². The summed E-state index contributed by atoms with van der Waals surface area (Å²) in [5, 5.41) is 7.50. The minimum absolute atomic E-state index is 0.631. The third-order valence-corrected chi connectivity index (χ3v) is 12.7. The molecule has 0 spiro atoms. The zero-order valence-electron chi connectivity index (χ0n) is 28.4. The Morgan fingerprint density at radius 3 is 1.16 bits per heavy atom. The minimum Gasteiger partial charge on any atom is -0.340 e. The first-order chi connectivity index (χ1) is 24.8. The first-order valence-corrected chi connectivity index (χ1v) is 20.9. The van der Waals surface area contributed by atoms with E-state index in [1.54, 1.807) is 0 Å². The van der Waals surface area contributed by atoms with Crippen molar-refractivity contribution in [1.82, 2.24) is 13.7 Å². The maximum absolute atomic E-state index is 3.74. The fraction of sp³-hybridized carbons (Fsp3) is 0.182. The van der Waals surface area contributed by atoms with Crippen LogP contribution in [0.4, 0.5) is 0 Å². The van der Waals surface area contributed by atoms with Crippen LogP contribution in [-0.4, -0.2) is 13.7 Å². The molecule has 9 aromatic rings. The summed E-state index contributed by atoms with van der Waals surface area (Å²) in [7, 11) is 0. The van der Waals surface area contributed by atoms with Crippen LogP contribution >= 0.6 is 63.7 Å². The zero-order chi connectivity index (χ0) is 35.0. The summed E-state index contributed by atoms with van der Waals surface area (Å²) in [6, 6.07) is 40.7. The lowest BCUT2D eigenvalue weighted by Gasteiger charge is -2.18. The first kappa shape index (κ1) is 33.5. The van der Waals surface area contributed by atoms with Gasteiger partial charge in [0.05, 0.1) is 22.1 Å². The van der Waals surface area contributed by atoms with Gasteiger partial charge in [-0.2, -0.15) is 0 Å². The molecule has 7 heteroatoms. The summed E-state index contributed by atoms with van der Waals surface area (Å²) >= 11 is 14.9. The van der Waals surface area contributed by atoms with Gasteiger partial charge in [0.1, 0.15) is 0 Å². The van der Waals surface area contributed by atoms with Crippen molar-refractivity contribution in [3.05, 3.63) is 127 Å². The maximum Gasteiger partial charge on any atom is 0.0541 e. The minimum atomic E-state index is 0.631. The average Bonchev–Trinajstić information content (AvgIpc) is 3.73. The molecule has 0 N–H and O–H groups in total. The number of halogens is 4. The van der Waals surface area contributed by atoms with Crippen molar-refractivity contribution in [1.29, 1.82) is 0 Å². The van der Waals surface area contributed by atoms with Crippen molar-refractivity contribution in [2.24, 2.45) is 5.92 Å². The Morgan fingerprint density at radius 1 is 0.451 bits per heavy atom. The van der Waals surface area contributed by atoms with Crippen LogP contribution in [-0.2, 0) is 6.54 Å². The lowest BCUT2D eigenvalue weighted by molar-refractivity contribution is 0.401. The molecule has 0 fully saturated rings. The SMILES string of the molecule is CCCCC(CC)Cn1c2ccc(-n3c4ccc(Br)cc4c4cc(Br)ccc43)cc2c2cc(-n3c4ccc(Br)cc4c4cc(Br)ccc43)ccc21. The van der Waals surface area contributed by atoms with Gasteiger partial charge in [0.15, 0.2) is 0 Å². The van der Waals surface area contributed by atoms with Gasteiger partial charge in [-0.05, 0) is 122 Å². The number of hydrogen-bond donors (Lipinski definition) is 0. The van der Waals surface area contributed by atoms with Crippen LogP contribution in [0, 0.1) is 5.92 Å². The van der Waals surface area contributed by atoms with E-state index in [-0.39, 0.29) is 0 Å². The molecule has 0 saturated heterocycles. The summed E-state index contributed by atoms with van der Waals surface area (Å²) in [4.78, 5) is 0. The van der Waals surface area contributed by atoms with E-state index in [0.29, 0.717) is 5.92 Å². The van der Waals surface area contributed by atoms with Gasteiger partial charge < -0.3 is 13.7 Å². The molecule has 9 rings (SSSR count). The molecule has 6 aromatic carbocycles. The van der Waals surface area contributed by atoms with Crippen molar-refractivity contribution in [2.75, 3.05) is 0 Å². The predicted octanol–water partition coefficient (Wildman–Crippen LogP) is 15.3. The fourth-order valence-electron chi connectivity index (χ4n) is 8.22. The molecule has 3 heterocycles. The summed E-state index contributed by atoms with van der Waals surface area (Å²) < 4.78 is 11.8. The standard InChI is InChI=1S/C44H35Br4N3/c1-3-5-6-26(4-2)25-49-39-17-11-31(50-41-13-7-27(45)19-33(41)34-20-28(46)8-14-42(34)50)23-37(39)38-24-32(12-18-40(38)49)51-43-15-9-29(47)21-35(43)36-22-30(48)10-16-44(36)51/h7-24,26H,3-6,25H2,1-2H3. The van der Waals surface area contributed by atoms with Crippen LogP contribution in [0.25, 0.3) is 76.8 Å². The van der Waals surface area contributed by atoms with Gasteiger partial charge in [0, 0.05) is 79.2 Å². The Bertz CT molecular complexity index is 2520. The molecule has 254 valence electrons. The van der Waals surface area contributed by atoms with Crippen molar-refractivity contribution in [2.45, 2.75) is 46.1 Å². The van der Waals surface area contributed by atoms with E-state index in [1.807, 2.05) is 0 Å². The van der Waals surface area contributed by atoms with Crippen LogP contribution in [0.3, 0.4) is 0 Å². The van der Waals surface area contributed by atoms with E-state index in [1.165, 1.54) is 102 Å². The number of nitrogens with zero attached hydrogens (tertiary/aromatic N) is 3. The second-order valence-corrected chi connectivity index (χ2v) is 17.4. The molecule has 0 aliphatic carbocycles. The second-order valence-electron chi connectivity index (χ2n) is 13.7. The Kier molecular flexibility index (Phi) is 8.69. The normalized spacial score (nSPS) is 12.8. The van der Waals surface area contributed by atoms with Gasteiger partial charge in [0.2, 0.25) is 0 Å². The van der Waals surface area contributed by atoms with Gasteiger partial charge in [-0.3, -0.25) is 0 Å². The number of fused-ring (bicyclic) bond motifs is 9. The maximum atomic E-state index is 3.74. The molecule has 3 aromatic heterocycles. The van der Waals surface area contributed by atoms with Crippen molar-refractivity contribution in [3.63, 3.8) is 0 Å². The Morgan fingerprint density at radius 2 is 0.804 bits per heavy atom. The average molecular weight is 925 g/mol. The largest absolute Gasteiger partial charge is 0.340 e. The predicted molar refractivity (Wildman–Crippen MR) is 232 cm³/mol. The third kappa shape index (κ3) is 5.62. The van der Waals surface area contributed by atoms with Crippen LogP contribution < -0.4 is 0 Å². The lowest BCUT2D eigenvalue weighted by Crippen LogP contribution is -2.10. The summed E-state index contributed by atoms with van der Waals surface area (Å²) in [5.41, 5.74) is 9.71. The highest BCUT2D eigenvalue weighted by molar-refractivity contribution is 9.11. The van der Waals surface area contributed by atoms with Crippen molar-refractivity contribution < 1.29 is 0 Å². The number of benzene rings is 6. The molecular weight excluding hydrogens is 890 g/mol. The van der Waals surface area contributed by atoms with Crippen LogP contribution in [0.1, 0.15) is 39.5 Å². The molecule has 51 heavy (non-hydrogen) atoms. The number of rotatable bonds is 8. The zero-order valence-corrected chi connectivity index (χ0v) is 34.7. The fourth-order valence-corrected chi connectivity index (χ4v) is 9.67. The lowest BCUT2D eigenvalue weighted by atomic mass is 9.99. The molecule has 0 bridgehead atoms. The summed E-state index contributed by atoms with van der Waals surface area (Å²) in [6.07, 6.45) is 4.93. The van der Waals surface area contributed by atoms with Gasteiger partial charge in [-0.1, -0.05) is 96.8 Å². The summed E-state index contributed by atoms with van der Waals surface area (Å²) in [6.45, 7) is 5.67. The molecule has 3 nitrogen and oxygen atoms in total. The number of unbranched alkanes of at least 4 members (excludes halogenated alkanes) is 1. The second kappa shape index (κ2) is 13.2. The highest BCUT2D eigenvalue weighted by Gasteiger charge is 2.20. The monoisotopic (exact) mass is 921 g/mol. The van der Waals surface area contributed by atoms with Gasteiger partial charge >= 0.3 is 0 Å². The molecule has 0 radical (unpaired) electrons. The molecule has 0 aliphatic heterocycles.